The lowest BCUT2D eigenvalue weighted by Gasteiger charge is -2.23. The van der Waals surface area contributed by atoms with E-state index in [0.29, 0.717) is 12.8 Å². The number of rotatable bonds is 10. The second-order valence-electron chi connectivity index (χ2n) is 6.48. The Balaban J connectivity index is 3.06. The maximum Gasteiger partial charge on any atom is 0.244 e. The van der Waals surface area contributed by atoms with Crippen LogP contribution in [0.2, 0.25) is 0 Å². The fourth-order valence-corrected chi connectivity index (χ4v) is 3.50. The topological polar surface area (TPSA) is 95.6 Å². The van der Waals surface area contributed by atoms with Gasteiger partial charge in [0.2, 0.25) is 21.8 Å². The Bertz CT molecular complexity index is 711. The molecule has 27 heavy (non-hydrogen) atoms. The summed E-state index contributed by atoms with van der Waals surface area (Å²) in [6.07, 6.45) is 1.37. The van der Waals surface area contributed by atoms with Crippen molar-refractivity contribution in [3.63, 3.8) is 0 Å². The minimum absolute atomic E-state index is 0.123. The molecule has 2 N–H and O–H groups in total. The highest BCUT2D eigenvalue weighted by Gasteiger charge is 2.29. The Morgan fingerprint density at radius 2 is 1.37 bits per heavy atom. The number of nitrogens with one attached hydrogen (secondary N) is 2. The van der Waals surface area contributed by atoms with Crippen molar-refractivity contribution in [1.29, 1.82) is 0 Å². The van der Waals surface area contributed by atoms with Gasteiger partial charge in [0, 0.05) is 12.1 Å². The predicted molar refractivity (Wildman–Crippen MR) is 101 cm³/mol. The van der Waals surface area contributed by atoms with E-state index in [0.717, 1.165) is 28.6 Å². The lowest BCUT2D eigenvalue weighted by molar-refractivity contribution is -0.124. The predicted octanol–water partition coefficient (Wildman–Crippen LogP) is 1.65. The average Bonchev–Trinajstić information content (AvgIpc) is 2.61. The molecule has 2 amide bonds. The first-order chi connectivity index (χ1) is 12.6. The van der Waals surface area contributed by atoms with Gasteiger partial charge in [0.1, 0.15) is 5.82 Å². The normalized spacial score (nSPS) is 13.9. The molecule has 1 rings (SSSR count). The molecule has 7 nitrogen and oxygen atoms in total. The first kappa shape index (κ1) is 23.0. The van der Waals surface area contributed by atoms with E-state index in [1.165, 1.54) is 0 Å². The van der Waals surface area contributed by atoms with Gasteiger partial charge in [-0.05, 0) is 51.0 Å². The first-order valence-electron chi connectivity index (χ1n) is 8.94. The Hall–Kier alpha value is -2.00. The summed E-state index contributed by atoms with van der Waals surface area (Å²) < 4.78 is 39.7. The van der Waals surface area contributed by atoms with Gasteiger partial charge in [0.15, 0.2) is 0 Å². The van der Waals surface area contributed by atoms with Crippen molar-refractivity contribution in [1.82, 2.24) is 14.9 Å². The molecule has 0 heterocycles. The Labute approximate surface area is 160 Å². The van der Waals surface area contributed by atoms with Crippen molar-refractivity contribution in [3.05, 3.63) is 30.1 Å². The van der Waals surface area contributed by atoms with Crippen molar-refractivity contribution >= 4 is 21.8 Å². The SMILES string of the molecule is CC[C@@H](C)NC(=O)CN(CC(=O)N[C@H](C)CC)S(=O)(=O)c1ccc(F)cc1. The molecule has 2 atom stereocenters. The third-order valence-electron chi connectivity index (χ3n) is 4.13. The van der Waals surface area contributed by atoms with E-state index in [-0.39, 0.29) is 17.0 Å². The molecule has 0 radical (unpaired) electrons. The molecule has 1 aromatic carbocycles. The van der Waals surface area contributed by atoms with Gasteiger partial charge in [-0.1, -0.05) is 13.8 Å². The molecule has 9 heteroatoms. The lowest BCUT2D eigenvalue weighted by atomic mass is 10.2. The molecule has 0 saturated heterocycles. The Kier molecular flexibility index (Phi) is 8.84. The number of benzene rings is 1. The molecular weight excluding hydrogens is 373 g/mol. The molecule has 0 aliphatic rings. The standard InChI is InChI=1S/C18H28FN3O4S/c1-5-13(3)20-17(23)11-22(12-18(24)21-14(4)6-2)27(25,26)16-9-7-15(19)8-10-16/h7-10,13-14H,5-6,11-12H2,1-4H3,(H,20,23)(H,21,24)/t13-,14-/m1/s1. The summed E-state index contributed by atoms with van der Waals surface area (Å²) in [7, 11) is -4.15. The summed E-state index contributed by atoms with van der Waals surface area (Å²) >= 11 is 0. The number of amides is 2. The lowest BCUT2D eigenvalue weighted by Crippen LogP contribution is -2.48. The molecule has 1 aromatic rings. The molecule has 0 aromatic heterocycles. The number of nitrogens with zero attached hydrogens (tertiary/aromatic N) is 1. The molecule has 0 saturated carbocycles. The number of halogens is 1. The van der Waals surface area contributed by atoms with E-state index in [1.807, 2.05) is 13.8 Å². The van der Waals surface area contributed by atoms with Crippen molar-refractivity contribution in [2.24, 2.45) is 0 Å². The Morgan fingerprint density at radius 3 is 1.74 bits per heavy atom. The van der Waals surface area contributed by atoms with Crippen molar-refractivity contribution in [2.75, 3.05) is 13.1 Å². The zero-order chi connectivity index (χ0) is 20.6. The second-order valence-corrected chi connectivity index (χ2v) is 8.42. The maximum atomic E-state index is 13.1. The van der Waals surface area contributed by atoms with Crippen LogP contribution in [0.3, 0.4) is 0 Å². The van der Waals surface area contributed by atoms with E-state index in [9.17, 15) is 22.4 Å². The quantitative estimate of drug-likeness (QED) is 0.623. The molecule has 0 aliphatic heterocycles. The summed E-state index contributed by atoms with van der Waals surface area (Å²) in [4.78, 5) is 24.2. The van der Waals surface area contributed by atoms with Gasteiger partial charge in [-0.2, -0.15) is 4.31 Å². The molecule has 0 unspecified atom stereocenters. The number of sulfonamides is 1. The largest absolute Gasteiger partial charge is 0.353 e. The summed E-state index contributed by atoms with van der Waals surface area (Å²) in [5, 5.41) is 5.36. The molecule has 0 bridgehead atoms. The van der Waals surface area contributed by atoms with Crippen LogP contribution in [0, 0.1) is 5.82 Å². The number of hydrogen-bond acceptors (Lipinski definition) is 4. The average molecular weight is 402 g/mol. The van der Waals surface area contributed by atoms with Crippen LogP contribution in [0.25, 0.3) is 0 Å². The van der Waals surface area contributed by atoms with Crippen LogP contribution in [0.1, 0.15) is 40.5 Å². The molecule has 0 spiro atoms. The summed E-state index contributed by atoms with van der Waals surface area (Å²) in [5.74, 6) is -1.60. The minimum atomic E-state index is -4.15. The van der Waals surface area contributed by atoms with E-state index >= 15 is 0 Å². The van der Waals surface area contributed by atoms with Gasteiger partial charge >= 0.3 is 0 Å². The summed E-state index contributed by atoms with van der Waals surface area (Å²) in [6.45, 7) is 6.36. The van der Waals surface area contributed by atoms with Crippen LogP contribution < -0.4 is 10.6 Å². The van der Waals surface area contributed by atoms with Crippen LogP contribution in [-0.4, -0.2) is 49.7 Å². The van der Waals surface area contributed by atoms with E-state index in [1.54, 1.807) is 13.8 Å². The monoisotopic (exact) mass is 401 g/mol. The third kappa shape index (κ3) is 7.26. The number of carbonyl (C=O) groups is 2. The highest BCUT2D eigenvalue weighted by Crippen LogP contribution is 2.16. The van der Waals surface area contributed by atoms with E-state index in [4.69, 9.17) is 0 Å². The zero-order valence-electron chi connectivity index (χ0n) is 16.2. The molecule has 0 fully saturated rings. The van der Waals surface area contributed by atoms with Crippen LogP contribution in [0.15, 0.2) is 29.2 Å². The molecular formula is C18H28FN3O4S. The van der Waals surface area contributed by atoms with E-state index in [2.05, 4.69) is 10.6 Å². The highest BCUT2D eigenvalue weighted by molar-refractivity contribution is 7.89. The minimum Gasteiger partial charge on any atom is -0.353 e. The summed E-state index contributed by atoms with van der Waals surface area (Å²) in [6, 6.07) is 4.00. The Morgan fingerprint density at radius 1 is 0.963 bits per heavy atom. The van der Waals surface area contributed by atoms with Gasteiger partial charge in [-0.3, -0.25) is 9.59 Å². The number of hydrogen-bond donors (Lipinski definition) is 2. The van der Waals surface area contributed by atoms with Gasteiger partial charge in [-0.25, -0.2) is 12.8 Å². The molecule has 152 valence electrons. The maximum absolute atomic E-state index is 13.1. The van der Waals surface area contributed by atoms with E-state index < -0.39 is 40.7 Å². The van der Waals surface area contributed by atoms with Crippen LogP contribution in [-0.2, 0) is 19.6 Å². The van der Waals surface area contributed by atoms with Crippen LogP contribution in [0.4, 0.5) is 4.39 Å². The van der Waals surface area contributed by atoms with Gasteiger partial charge in [0.05, 0.1) is 18.0 Å². The van der Waals surface area contributed by atoms with Gasteiger partial charge in [-0.15, -0.1) is 0 Å². The highest BCUT2D eigenvalue weighted by atomic mass is 32.2. The fraction of sp³-hybridized carbons (Fsp3) is 0.556. The van der Waals surface area contributed by atoms with Gasteiger partial charge in [0.25, 0.3) is 0 Å². The van der Waals surface area contributed by atoms with Crippen LogP contribution >= 0.6 is 0 Å². The van der Waals surface area contributed by atoms with Crippen LogP contribution in [0.5, 0.6) is 0 Å². The van der Waals surface area contributed by atoms with Crippen molar-refractivity contribution < 1.29 is 22.4 Å². The van der Waals surface area contributed by atoms with Crippen molar-refractivity contribution in [3.8, 4) is 0 Å². The van der Waals surface area contributed by atoms with Crippen molar-refractivity contribution in [2.45, 2.75) is 57.5 Å². The summed E-state index contributed by atoms with van der Waals surface area (Å²) in [5.41, 5.74) is 0. The number of carbonyl (C=O) groups excluding carboxylic acids is 2. The smallest absolute Gasteiger partial charge is 0.244 e. The van der Waals surface area contributed by atoms with Gasteiger partial charge < -0.3 is 10.6 Å². The zero-order valence-corrected chi connectivity index (χ0v) is 17.0. The third-order valence-corrected chi connectivity index (χ3v) is 5.94. The molecule has 0 aliphatic carbocycles. The first-order valence-corrected chi connectivity index (χ1v) is 10.4. The second kappa shape index (κ2) is 10.4. The fourth-order valence-electron chi connectivity index (χ4n) is 2.15.